The van der Waals surface area contributed by atoms with Gasteiger partial charge in [-0.25, -0.2) is 4.85 Å². The van der Waals surface area contributed by atoms with Crippen molar-refractivity contribution in [1.29, 1.82) is 0 Å². The number of hydrogen-bond acceptors (Lipinski definition) is 5. The van der Waals surface area contributed by atoms with Gasteiger partial charge in [0.25, 0.3) is 5.70 Å². The summed E-state index contributed by atoms with van der Waals surface area (Å²) in [6.45, 7) is 12.3. The normalized spacial score (nSPS) is 14.3. The summed E-state index contributed by atoms with van der Waals surface area (Å²) in [5.74, 6) is -0.616. The van der Waals surface area contributed by atoms with E-state index in [-0.39, 0.29) is 17.7 Å². The highest BCUT2D eigenvalue weighted by Gasteiger charge is 2.37. The average molecular weight is 382 g/mol. The Morgan fingerprint density at radius 2 is 2.11 bits per heavy atom. The third-order valence-electron chi connectivity index (χ3n) is 5.02. The Bertz CT molecular complexity index is 966. The molecule has 1 heterocycles. The number of ether oxygens (including phenoxy) is 1. The molecule has 0 aliphatic heterocycles. The van der Waals surface area contributed by atoms with Crippen LogP contribution in [-0.4, -0.2) is 38.4 Å². The topological polar surface area (TPSA) is 54.1 Å². The third-order valence-corrected chi connectivity index (χ3v) is 6.13. The lowest BCUT2D eigenvalue weighted by atomic mass is 9.82. The van der Waals surface area contributed by atoms with Crippen molar-refractivity contribution in [3.8, 4) is 10.4 Å². The monoisotopic (exact) mass is 382 g/mol. The fourth-order valence-corrected chi connectivity index (χ4v) is 4.73. The predicted octanol–water partition coefficient (Wildman–Crippen LogP) is 3.92. The number of aliphatic hydroxyl groups excluding tert-OH is 1. The van der Waals surface area contributed by atoms with Gasteiger partial charge in [-0.15, -0.1) is 11.3 Å². The lowest BCUT2D eigenvalue weighted by molar-refractivity contribution is -0.135. The number of carbonyl (C=O) groups is 1. The van der Waals surface area contributed by atoms with Crippen LogP contribution >= 0.6 is 11.3 Å². The van der Waals surface area contributed by atoms with E-state index in [4.69, 9.17) is 6.57 Å². The van der Waals surface area contributed by atoms with E-state index < -0.39 is 5.97 Å². The second-order valence-electron chi connectivity index (χ2n) is 7.02. The molecule has 5 nitrogen and oxygen atoms in total. The third kappa shape index (κ3) is 3.25. The minimum atomic E-state index is -0.616. The van der Waals surface area contributed by atoms with Gasteiger partial charge in [-0.2, -0.15) is 0 Å². The van der Waals surface area contributed by atoms with Crippen molar-refractivity contribution in [3.63, 3.8) is 0 Å². The molecular formula is C21H22N2O3S. The largest absolute Gasteiger partial charge is 0.474 e. The van der Waals surface area contributed by atoms with Gasteiger partial charge in [-0.1, -0.05) is 19.9 Å². The Balaban J connectivity index is 2.05. The van der Waals surface area contributed by atoms with Gasteiger partial charge in [0, 0.05) is 34.4 Å². The van der Waals surface area contributed by atoms with Crippen molar-refractivity contribution >= 4 is 29.1 Å². The van der Waals surface area contributed by atoms with Crippen LogP contribution < -0.4 is 4.90 Å². The molecule has 0 radical (unpaired) electrons. The number of aliphatic hydroxyl groups is 1. The molecule has 1 aromatic carbocycles. The van der Waals surface area contributed by atoms with Crippen LogP contribution in [0.1, 0.15) is 29.9 Å². The highest BCUT2D eigenvalue weighted by molar-refractivity contribution is 7.16. The van der Waals surface area contributed by atoms with Crippen LogP contribution in [-0.2, 0) is 14.9 Å². The summed E-state index contributed by atoms with van der Waals surface area (Å²) in [4.78, 5) is 19.0. The molecule has 2 aromatic rings. The van der Waals surface area contributed by atoms with Gasteiger partial charge in [0.2, 0.25) is 0 Å². The van der Waals surface area contributed by atoms with Crippen molar-refractivity contribution in [2.45, 2.75) is 19.3 Å². The van der Waals surface area contributed by atoms with Gasteiger partial charge in [-0.05, 0) is 41.0 Å². The fourth-order valence-electron chi connectivity index (χ4n) is 3.43. The summed E-state index contributed by atoms with van der Waals surface area (Å²) in [7, 11) is 3.25. The molecule has 0 fully saturated rings. The first-order chi connectivity index (χ1) is 12.8. The maximum Gasteiger partial charge on any atom is 0.336 e. The molecule has 140 valence electrons. The smallest absolute Gasteiger partial charge is 0.336 e. The van der Waals surface area contributed by atoms with Crippen molar-refractivity contribution < 1.29 is 14.6 Å². The van der Waals surface area contributed by atoms with E-state index in [1.165, 1.54) is 28.7 Å². The van der Waals surface area contributed by atoms with Crippen LogP contribution in [0.4, 0.5) is 5.69 Å². The number of nitrogens with zero attached hydrogens (tertiary/aromatic N) is 2. The Morgan fingerprint density at radius 3 is 2.74 bits per heavy atom. The number of likely N-dealkylation sites (N-methyl/N-ethyl adjacent to an activating group) is 1. The lowest BCUT2D eigenvalue weighted by Gasteiger charge is -2.24. The highest BCUT2D eigenvalue weighted by Crippen LogP contribution is 2.53. The summed E-state index contributed by atoms with van der Waals surface area (Å²) < 4.78 is 4.67. The molecule has 6 heteroatoms. The first-order valence-electron chi connectivity index (χ1n) is 8.62. The lowest BCUT2D eigenvalue weighted by Crippen LogP contribution is -2.22. The maximum atomic E-state index is 11.7. The highest BCUT2D eigenvalue weighted by atomic mass is 32.1. The zero-order valence-electron chi connectivity index (χ0n) is 15.9. The molecule has 0 unspecified atom stereocenters. The van der Waals surface area contributed by atoms with E-state index in [9.17, 15) is 9.90 Å². The fraction of sp³-hybridized carbons (Fsp3) is 0.333. The van der Waals surface area contributed by atoms with Crippen LogP contribution in [0, 0.1) is 6.57 Å². The SMILES string of the molecule is [C-]#[N+]/C(=C\c1cc2c(s1)-c1ccc(N(C)CCO)cc1C2(C)C)C(=O)OC. The second kappa shape index (κ2) is 7.18. The van der Waals surface area contributed by atoms with Gasteiger partial charge >= 0.3 is 5.97 Å². The molecule has 0 saturated heterocycles. The van der Waals surface area contributed by atoms with E-state index in [1.807, 2.05) is 11.9 Å². The molecular weight excluding hydrogens is 360 g/mol. The molecule has 0 bridgehead atoms. The van der Waals surface area contributed by atoms with Crippen LogP contribution in [0.3, 0.4) is 0 Å². The van der Waals surface area contributed by atoms with E-state index >= 15 is 0 Å². The van der Waals surface area contributed by atoms with E-state index in [2.05, 4.69) is 47.7 Å². The summed E-state index contributed by atoms with van der Waals surface area (Å²) in [5.41, 5.74) is 4.52. The van der Waals surface area contributed by atoms with Crippen molar-refractivity contribution in [1.82, 2.24) is 0 Å². The van der Waals surface area contributed by atoms with E-state index in [0.717, 1.165) is 10.6 Å². The quantitative estimate of drug-likeness (QED) is 0.484. The minimum absolute atomic E-state index is 0.0172. The molecule has 3 rings (SSSR count). The Morgan fingerprint density at radius 1 is 1.37 bits per heavy atom. The van der Waals surface area contributed by atoms with Gasteiger partial charge in [0.15, 0.2) is 0 Å². The van der Waals surface area contributed by atoms with Crippen LogP contribution in [0.5, 0.6) is 0 Å². The minimum Gasteiger partial charge on any atom is -0.474 e. The van der Waals surface area contributed by atoms with Gasteiger partial charge in [-0.3, -0.25) is 4.79 Å². The maximum absolute atomic E-state index is 11.7. The van der Waals surface area contributed by atoms with Crippen molar-refractivity contribution in [3.05, 3.63) is 57.4 Å². The molecule has 0 amide bonds. The summed E-state index contributed by atoms with van der Waals surface area (Å²) in [5, 5.41) is 9.18. The van der Waals surface area contributed by atoms with E-state index in [1.54, 1.807) is 17.4 Å². The molecule has 27 heavy (non-hydrogen) atoms. The Kier molecular flexibility index (Phi) is 5.09. The molecule has 1 N–H and O–H groups in total. The van der Waals surface area contributed by atoms with Gasteiger partial charge in [0.05, 0.1) is 20.3 Å². The number of rotatable bonds is 5. The molecule has 0 spiro atoms. The molecule has 1 aliphatic rings. The average Bonchev–Trinajstić information content (AvgIpc) is 3.17. The number of benzene rings is 1. The van der Waals surface area contributed by atoms with E-state index in [0.29, 0.717) is 6.54 Å². The van der Waals surface area contributed by atoms with Crippen molar-refractivity contribution in [2.24, 2.45) is 0 Å². The summed E-state index contributed by atoms with van der Waals surface area (Å²) >= 11 is 1.58. The number of anilines is 1. The summed E-state index contributed by atoms with van der Waals surface area (Å²) in [6, 6.07) is 8.43. The number of esters is 1. The Hall–Kier alpha value is -2.62. The predicted molar refractivity (Wildman–Crippen MR) is 109 cm³/mol. The summed E-state index contributed by atoms with van der Waals surface area (Å²) in [6.07, 6.45) is 1.60. The Labute approximate surface area is 163 Å². The first-order valence-corrected chi connectivity index (χ1v) is 9.43. The number of hydrogen-bond donors (Lipinski definition) is 1. The van der Waals surface area contributed by atoms with Crippen molar-refractivity contribution in [2.75, 3.05) is 32.2 Å². The first kappa shape index (κ1) is 19.2. The number of fused-ring (bicyclic) bond motifs is 3. The molecule has 1 aliphatic carbocycles. The van der Waals surface area contributed by atoms with Crippen LogP contribution in [0.2, 0.25) is 0 Å². The molecule has 0 atom stereocenters. The van der Waals surface area contributed by atoms with Crippen LogP contribution in [0.25, 0.3) is 21.4 Å². The molecule has 1 aromatic heterocycles. The number of thiophene rings is 1. The standard InChI is InChI=1S/C21H22N2O3S/c1-21(2)16-10-13(23(4)8-9-24)6-7-15(16)19-17(21)11-14(27-19)12-18(22-3)20(25)26-5/h6-7,10-12,24H,8-9H2,1-2,4-5H3/b18-12-. The number of carbonyl (C=O) groups excluding carboxylic acids is 1. The van der Waals surface area contributed by atoms with Gasteiger partial charge < -0.3 is 14.7 Å². The second-order valence-corrected chi connectivity index (χ2v) is 8.11. The number of methoxy groups -OCH3 is 1. The molecule has 0 saturated carbocycles. The van der Waals surface area contributed by atoms with Gasteiger partial charge in [0.1, 0.15) is 0 Å². The zero-order valence-corrected chi connectivity index (χ0v) is 16.7. The zero-order chi connectivity index (χ0) is 19.8. The van der Waals surface area contributed by atoms with Crippen LogP contribution in [0.15, 0.2) is 30.0 Å².